The highest BCUT2D eigenvalue weighted by Crippen LogP contribution is 2.29. The first kappa shape index (κ1) is 13.8. The van der Waals surface area contributed by atoms with Crippen LogP contribution in [0.25, 0.3) is 0 Å². The second kappa shape index (κ2) is 6.54. The van der Waals surface area contributed by atoms with Crippen LogP contribution < -0.4 is 15.0 Å². The molecule has 0 spiro atoms. The van der Waals surface area contributed by atoms with Gasteiger partial charge in [0.15, 0.2) is 5.13 Å². The molecule has 19 heavy (non-hydrogen) atoms. The molecule has 0 fully saturated rings. The van der Waals surface area contributed by atoms with Crippen molar-refractivity contribution >= 4 is 22.2 Å². The van der Waals surface area contributed by atoms with Gasteiger partial charge in [-0.15, -0.1) is 11.3 Å². The van der Waals surface area contributed by atoms with Crippen LogP contribution in [-0.4, -0.2) is 25.7 Å². The molecule has 0 aliphatic heterocycles. The average Bonchev–Trinajstić information content (AvgIpc) is 2.93. The summed E-state index contributed by atoms with van der Waals surface area (Å²) < 4.78 is 5.25. The Hall–Kier alpha value is -1.59. The Bertz CT molecular complexity index is 527. The summed E-state index contributed by atoms with van der Waals surface area (Å²) in [5.74, 6) is 0.855. The molecule has 2 rings (SSSR count). The van der Waals surface area contributed by atoms with Crippen molar-refractivity contribution in [2.75, 3.05) is 25.6 Å². The summed E-state index contributed by atoms with van der Waals surface area (Å²) in [6.07, 6.45) is 0. The molecule has 0 unspecified atom stereocenters. The maximum atomic E-state index is 5.25. The fourth-order valence-electron chi connectivity index (χ4n) is 1.71. The van der Waals surface area contributed by atoms with Crippen LogP contribution in [0.3, 0.4) is 0 Å². The van der Waals surface area contributed by atoms with Crippen molar-refractivity contribution in [3.63, 3.8) is 0 Å². The van der Waals surface area contributed by atoms with Gasteiger partial charge in [-0.3, -0.25) is 0 Å². The van der Waals surface area contributed by atoms with Crippen LogP contribution in [0, 0.1) is 0 Å². The van der Waals surface area contributed by atoms with Crippen molar-refractivity contribution in [2.24, 2.45) is 0 Å². The highest BCUT2D eigenvalue weighted by Gasteiger charge is 2.09. The van der Waals surface area contributed by atoms with Gasteiger partial charge in [-0.05, 0) is 18.7 Å². The number of benzene rings is 1. The summed E-state index contributed by atoms with van der Waals surface area (Å²) in [6, 6.07) is 7.98. The summed E-state index contributed by atoms with van der Waals surface area (Å²) in [6.45, 7) is 3.87. The zero-order valence-electron chi connectivity index (χ0n) is 11.5. The summed E-state index contributed by atoms with van der Waals surface area (Å²) >= 11 is 1.65. The Balaban J connectivity index is 2.13. The number of nitrogens with zero attached hydrogens (tertiary/aromatic N) is 2. The second-order valence-corrected chi connectivity index (χ2v) is 5.00. The predicted octanol–water partition coefficient (Wildman–Crippen LogP) is 3.03. The van der Waals surface area contributed by atoms with Crippen LogP contribution in [0.15, 0.2) is 29.6 Å². The van der Waals surface area contributed by atoms with Crippen LogP contribution >= 0.6 is 11.3 Å². The molecule has 1 aromatic carbocycles. The lowest BCUT2D eigenvalue weighted by Crippen LogP contribution is -2.13. The predicted molar refractivity (Wildman–Crippen MR) is 80.6 cm³/mol. The first-order chi connectivity index (χ1) is 9.24. The number of methoxy groups -OCH3 is 1. The Kier molecular flexibility index (Phi) is 4.76. The van der Waals surface area contributed by atoms with Gasteiger partial charge in [-0.25, -0.2) is 4.98 Å². The van der Waals surface area contributed by atoms with Crippen molar-refractivity contribution in [2.45, 2.75) is 13.5 Å². The normalized spacial score (nSPS) is 10.5. The van der Waals surface area contributed by atoms with Gasteiger partial charge in [0, 0.05) is 30.7 Å². The fraction of sp³-hybridized carbons (Fsp3) is 0.357. The van der Waals surface area contributed by atoms with E-state index in [-0.39, 0.29) is 0 Å². The molecular formula is C14H19N3OS. The molecule has 0 aliphatic rings. The third-order valence-electron chi connectivity index (χ3n) is 2.82. The monoisotopic (exact) mass is 277 g/mol. The summed E-state index contributed by atoms with van der Waals surface area (Å²) in [7, 11) is 3.70. The van der Waals surface area contributed by atoms with Crippen molar-refractivity contribution in [3.05, 3.63) is 35.3 Å². The first-order valence-corrected chi connectivity index (χ1v) is 7.15. The lowest BCUT2D eigenvalue weighted by molar-refractivity contribution is 0.415. The molecule has 0 saturated carbocycles. The topological polar surface area (TPSA) is 37.4 Å². The molecule has 102 valence electrons. The highest BCUT2D eigenvalue weighted by atomic mass is 32.1. The van der Waals surface area contributed by atoms with Gasteiger partial charge in [0.2, 0.25) is 0 Å². The van der Waals surface area contributed by atoms with E-state index in [9.17, 15) is 0 Å². The minimum Gasteiger partial charge on any atom is -0.497 e. The van der Waals surface area contributed by atoms with Gasteiger partial charge in [0.05, 0.1) is 12.8 Å². The number of thiazole rings is 1. The van der Waals surface area contributed by atoms with Gasteiger partial charge in [0.1, 0.15) is 5.75 Å². The number of ether oxygens (including phenoxy) is 1. The Morgan fingerprint density at radius 2 is 2.26 bits per heavy atom. The van der Waals surface area contributed by atoms with Crippen LogP contribution in [-0.2, 0) is 6.54 Å². The number of rotatable bonds is 6. The van der Waals surface area contributed by atoms with Gasteiger partial charge in [-0.2, -0.15) is 0 Å². The van der Waals surface area contributed by atoms with E-state index in [0.29, 0.717) is 0 Å². The van der Waals surface area contributed by atoms with Gasteiger partial charge in [0.25, 0.3) is 0 Å². The number of hydrogen-bond acceptors (Lipinski definition) is 5. The lowest BCUT2D eigenvalue weighted by atomic mass is 10.3. The van der Waals surface area contributed by atoms with E-state index >= 15 is 0 Å². The largest absolute Gasteiger partial charge is 0.497 e. The standard InChI is InChI=1S/C14H19N3OS/c1-4-15-9-11-10-19-14(16-11)17(2)12-6-5-7-13(8-12)18-3/h5-8,10,15H,4,9H2,1-3H3. The molecule has 0 saturated heterocycles. The summed E-state index contributed by atoms with van der Waals surface area (Å²) in [4.78, 5) is 6.69. The fourth-order valence-corrected chi connectivity index (χ4v) is 2.53. The van der Waals surface area contributed by atoms with E-state index in [1.807, 2.05) is 31.3 Å². The average molecular weight is 277 g/mol. The number of hydrogen-bond donors (Lipinski definition) is 1. The smallest absolute Gasteiger partial charge is 0.189 e. The Morgan fingerprint density at radius 3 is 3.00 bits per heavy atom. The van der Waals surface area contributed by atoms with E-state index in [1.54, 1.807) is 18.4 Å². The van der Waals surface area contributed by atoms with Gasteiger partial charge >= 0.3 is 0 Å². The molecule has 1 aromatic heterocycles. The Labute approximate surface area is 118 Å². The second-order valence-electron chi connectivity index (χ2n) is 4.16. The van der Waals surface area contributed by atoms with Gasteiger partial charge < -0.3 is 15.0 Å². The third kappa shape index (κ3) is 3.45. The van der Waals surface area contributed by atoms with E-state index in [1.165, 1.54) is 0 Å². The molecule has 0 radical (unpaired) electrons. The third-order valence-corrected chi connectivity index (χ3v) is 3.79. The molecule has 1 heterocycles. The molecule has 0 atom stereocenters. The molecule has 0 amide bonds. The number of anilines is 2. The highest BCUT2D eigenvalue weighted by molar-refractivity contribution is 7.13. The first-order valence-electron chi connectivity index (χ1n) is 6.27. The van der Waals surface area contributed by atoms with Crippen molar-refractivity contribution in [3.8, 4) is 5.75 Å². The molecule has 4 nitrogen and oxygen atoms in total. The molecule has 0 aliphatic carbocycles. The molecule has 2 aromatic rings. The van der Waals surface area contributed by atoms with Crippen LogP contribution in [0.4, 0.5) is 10.8 Å². The maximum Gasteiger partial charge on any atom is 0.189 e. The van der Waals surface area contributed by atoms with Crippen molar-refractivity contribution in [1.82, 2.24) is 10.3 Å². The quantitative estimate of drug-likeness (QED) is 0.880. The molecular weight excluding hydrogens is 258 g/mol. The number of aromatic nitrogens is 1. The van der Waals surface area contributed by atoms with E-state index in [2.05, 4.69) is 27.5 Å². The minimum absolute atomic E-state index is 0.818. The van der Waals surface area contributed by atoms with Crippen molar-refractivity contribution < 1.29 is 4.74 Å². The maximum absolute atomic E-state index is 5.25. The SMILES string of the molecule is CCNCc1csc(N(C)c2cccc(OC)c2)n1. The minimum atomic E-state index is 0.818. The van der Waals surface area contributed by atoms with Crippen LogP contribution in [0.2, 0.25) is 0 Å². The lowest BCUT2D eigenvalue weighted by Gasteiger charge is -2.16. The number of nitrogens with one attached hydrogen (secondary N) is 1. The van der Waals surface area contributed by atoms with Crippen molar-refractivity contribution in [1.29, 1.82) is 0 Å². The summed E-state index contributed by atoms with van der Waals surface area (Å²) in [5, 5.41) is 6.36. The zero-order valence-corrected chi connectivity index (χ0v) is 12.3. The van der Waals surface area contributed by atoms with E-state index in [0.717, 1.165) is 35.4 Å². The summed E-state index contributed by atoms with van der Waals surface area (Å²) in [5.41, 5.74) is 2.15. The Morgan fingerprint density at radius 1 is 1.42 bits per heavy atom. The van der Waals surface area contributed by atoms with Gasteiger partial charge in [-0.1, -0.05) is 13.0 Å². The van der Waals surface area contributed by atoms with E-state index in [4.69, 9.17) is 4.74 Å². The van der Waals surface area contributed by atoms with Crippen LogP contribution in [0.1, 0.15) is 12.6 Å². The van der Waals surface area contributed by atoms with Crippen LogP contribution in [0.5, 0.6) is 5.75 Å². The molecule has 5 heteroatoms. The van der Waals surface area contributed by atoms with E-state index < -0.39 is 0 Å². The molecule has 0 bridgehead atoms. The zero-order chi connectivity index (χ0) is 13.7. The molecule has 1 N–H and O–H groups in total.